The molecule has 0 heterocycles. The van der Waals surface area contributed by atoms with E-state index in [1.807, 2.05) is 14.1 Å². The molecular weight excluding hydrogens is 346 g/mol. The Bertz CT molecular complexity index is 537. The first-order chi connectivity index (χ1) is 13.4. The Morgan fingerprint density at radius 2 is 2.07 bits per heavy atom. The van der Waals surface area contributed by atoms with Gasteiger partial charge in [-0.05, 0) is 62.7 Å². The van der Waals surface area contributed by atoms with Crippen LogP contribution in [-0.4, -0.2) is 36.1 Å². The first kappa shape index (κ1) is 23.2. The van der Waals surface area contributed by atoms with Crippen LogP contribution in [0.3, 0.4) is 0 Å². The number of carbonyl (C=O) groups is 1. The number of allylic oxidation sites excluding steroid dienone is 3. The predicted molar refractivity (Wildman–Crippen MR) is 118 cm³/mol. The first-order valence-electron chi connectivity index (χ1n) is 11.7. The summed E-state index contributed by atoms with van der Waals surface area (Å²) in [4.78, 5) is 13.4. The highest BCUT2D eigenvalue weighted by Crippen LogP contribution is 2.48. The summed E-state index contributed by atoms with van der Waals surface area (Å²) in [6.07, 6.45) is 19.3. The fourth-order valence-electron chi connectivity index (χ4n) is 4.97. The normalized spacial score (nSPS) is 27.8. The minimum absolute atomic E-state index is 0.167. The summed E-state index contributed by atoms with van der Waals surface area (Å²) >= 11 is 0. The fourth-order valence-corrected chi connectivity index (χ4v) is 4.97. The highest BCUT2D eigenvalue weighted by atomic mass is 16.3. The second kappa shape index (κ2) is 11.8. The van der Waals surface area contributed by atoms with E-state index in [9.17, 15) is 9.90 Å². The summed E-state index contributed by atoms with van der Waals surface area (Å²) in [5.74, 6) is 2.54. The Labute approximate surface area is 173 Å². The van der Waals surface area contributed by atoms with Gasteiger partial charge in [-0.25, -0.2) is 0 Å². The molecule has 1 N–H and O–H groups in total. The maximum atomic E-state index is 11.7. The fraction of sp³-hybridized carbons (Fsp3) is 0.800. The van der Waals surface area contributed by atoms with E-state index in [4.69, 9.17) is 0 Å². The highest BCUT2D eigenvalue weighted by molar-refractivity contribution is 5.75. The molecule has 2 aliphatic rings. The van der Waals surface area contributed by atoms with E-state index in [2.05, 4.69) is 32.1 Å². The molecule has 0 aliphatic heterocycles. The topological polar surface area (TPSA) is 40.5 Å². The Hall–Kier alpha value is -1.09. The van der Waals surface area contributed by atoms with Gasteiger partial charge in [-0.3, -0.25) is 4.79 Å². The van der Waals surface area contributed by atoms with E-state index in [1.165, 1.54) is 25.7 Å². The second-order valence-electron chi connectivity index (χ2n) is 9.49. The minimum atomic E-state index is -0.167. The molecule has 0 aromatic carbocycles. The van der Waals surface area contributed by atoms with Gasteiger partial charge < -0.3 is 10.0 Å². The molecule has 1 saturated carbocycles. The molecule has 0 saturated heterocycles. The standard InChI is InChI=1S/C25H43NO2/c1-5-6-11-19(2)12-7-9-14-22-23-17-20(16-21(23)18-24(22)27)13-8-10-15-25(28)26(3)4/h9,14,16,19,21-24,27H,5-8,10-13,15,17-18H2,1-4H3/t19-,21+,22-,23+,24-/m1/s1. The lowest BCUT2D eigenvalue weighted by atomic mass is 9.88. The summed E-state index contributed by atoms with van der Waals surface area (Å²) in [5.41, 5.74) is 1.56. The van der Waals surface area contributed by atoms with Gasteiger partial charge in [-0.2, -0.15) is 0 Å². The van der Waals surface area contributed by atoms with Gasteiger partial charge in [0, 0.05) is 26.4 Å². The number of aliphatic hydroxyl groups excluding tert-OH is 1. The maximum Gasteiger partial charge on any atom is 0.222 e. The summed E-state index contributed by atoms with van der Waals surface area (Å²) in [7, 11) is 3.65. The monoisotopic (exact) mass is 389 g/mol. The third-order valence-corrected chi connectivity index (χ3v) is 6.82. The predicted octanol–water partition coefficient (Wildman–Crippen LogP) is 5.74. The van der Waals surface area contributed by atoms with Crippen molar-refractivity contribution in [2.75, 3.05) is 14.1 Å². The van der Waals surface area contributed by atoms with E-state index < -0.39 is 0 Å². The number of carbonyl (C=O) groups excluding carboxylic acids is 1. The van der Waals surface area contributed by atoms with Crippen molar-refractivity contribution in [2.45, 2.75) is 90.6 Å². The number of nitrogens with zero attached hydrogens (tertiary/aromatic N) is 1. The largest absolute Gasteiger partial charge is 0.392 e. The van der Waals surface area contributed by atoms with Gasteiger partial charge >= 0.3 is 0 Å². The van der Waals surface area contributed by atoms with E-state index in [0.717, 1.165) is 44.4 Å². The number of amides is 1. The van der Waals surface area contributed by atoms with Crippen LogP contribution < -0.4 is 0 Å². The molecule has 3 heteroatoms. The highest BCUT2D eigenvalue weighted by Gasteiger charge is 2.43. The van der Waals surface area contributed by atoms with Crippen LogP contribution in [0.2, 0.25) is 0 Å². The van der Waals surface area contributed by atoms with Crippen molar-refractivity contribution < 1.29 is 9.90 Å². The number of unbranched alkanes of at least 4 members (excludes halogenated alkanes) is 2. The molecule has 0 radical (unpaired) electrons. The Balaban J connectivity index is 1.71. The van der Waals surface area contributed by atoms with Crippen LogP contribution in [0.15, 0.2) is 23.8 Å². The molecule has 1 amide bonds. The third kappa shape index (κ3) is 7.06. The lowest BCUT2D eigenvalue weighted by Gasteiger charge is -2.18. The lowest BCUT2D eigenvalue weighted by Crippen LogP contribution is -2.21. The summed E-state index contributed by atoms with van der Waals surface area (Å²) in [6, 6.07) is 0. The summed E-state index contributed by atoms with van der Waals surface area (Å²) < 4.78 is 0. The van der Waals surface area contributed by atoms with Crippen molar-refractivity contribution in [1.29, 1.82) is 0 Å². The second-order valence-corrected chi connectivity index (χ2v) is 9.49. The van der Waals surface area contributed by atoms with Gasteiger partial charge in [0.05, 0.1) is 6.10 Å². The average Bonchev–Trinajstić information content (AvgIpc) is 3.17. The van der Waals surface area contributed by atoms with Crippen molar-refractivity contribution in [3.8, 4) is 0 Å². The van der Waals surface area contributed by atoms with E-state index >= 15 is 0 Å². The summed E-state index contributed by atoms with van der Waals surface area (Å²) in [6.45, 7) is 4.63. The van der Waals surface area contributed by atoms with E-state index in [-0.39, 0.29) is 12.0 Å². The molecule has 5 atom stereocenters. The summed E-state index contributed by atoms with van der Waals surface area (Å²) in [5, 5.41) is 10.5. The number of hydrogen-bond acceptors (Lipinski definition) is 2. The van der Waals surface area contributed by atoms with Crippen LogP contribution in [0.5, 0.6) is 0 Å². The Morgan fingerprint density at radius 3 is 2.79 bits per heavy atom. The third-order valence-electron chi connectivity index (χ3n) is 6.82. The first-order valence-corrected chi connectivity index (χ1v) is 11.7. The van der Waals surface area contributed by atoms with Gasteiger partial charge in [-0.1, -0.05) is 56.9 Å². The van der Waals surface area contributed by atoms with Crippen molar-refractivity contribution in [1.82, 2.24) is 4.90 Å². The van der Waals surface area contributed by atoms with Gasteiger partial charge in [0.15, 0.2) is 0 Å². The molecular formula is C25H43NO2. The van der Waals surface area contributed by atoms with Crippen LogP contribution in [-0.2, 0) is 4.79 Å². The van der Waals surface area contributed by atoms with Crippen LogP contribution in [0, 0.1) is 23.7 Å². The lowest BCUT2D eigenvalue weighted by molar-refractivity contribution is -0.128. The van der Waals surface area contributed by atoms with Crippen molar-refractivity contribution in [3.05, 3.63) is 23.8 Å². The molecule has 0 aromatic heterocycles. The molecule has 2 rings (SSSR count). The molecule has 0 spiro atoms. The maximum absolute atomic E-state index is 11.7. The Morgan fingerprint density at radius 1 is 1.29 bits per heavy atom. The SMILES string of the molecule is CCCC[C@@H](C)CCC=C[C@@H]1[C@H]2CC(CCCCC(=O)N(C)C)=C[C@H]2C[C@H]1O. The smallest absolute Gasteiger partial charge is 0.222 e. The van der Waals surface area contributed by atoms with E-state index in [0.29, 0.717) is 24.2 Å². The molecule has 2 aliphatic carbocycles. The van der Waals surface area contributed by atoms with Crippen LogP contribution in [0.25, 0.3) is 0 Å². The van der Waals surface area contributed by atoms with Gasteiger partial charge in [-0.15, -0.1) is 0 Å². The molecule has 160 valence electrons. The van der Waals surface area contributed by atoms with Crippen LogP contribution in [0.1, 0.15) is 84.5 Å². The minimum Gasteiger partial charge on any atom is -0.392 e. The van der Waals surface area contributed by atoms with Gasteiger partial charge in [0.25, 0.3) is 0 Å². The van der Waals surface area contributed by atoms with Crippen molar-refractivity contribution >= 4 is 5.91 Å². The van der Waals surface area contributed by atoms with Crippen molar-refractivity contribution in [2.24, 2.45) is 23.7 Å². The van der Waals surface area contributed by atoms with Gasteiger partial charge in [0.2, 0.25) is 5.91 Å². The zero-order valence-electron chi connectivity index (χ0n) is 18.7. The van der Waals surface area contributed by atoms with Crippen LogP contribution in [0.4, 0.5) is 0 Å². The molecule has 3 nitrogen and oxygen atoms in total. The Kier molecular flexibility index (Phi) is 9.77. The number of rotatable bonds is 12. The molecule has 0 unspecified atom stereocenters. The molecule has 0 bridgehead atoms. The molecule has 0 aromatic rings. The van der Waals surface area contributed by atoms with Crippen molar-refractivity contribution in [3.63, 3.8) is 0 Å². The van der Waals surface area contributed by atoms with Crippen LogP contribution >= 0.6 is 0 Å². The number of aliphatic hydroxyl groups is 1. The molecule has 28 heavy (non-hydrogen) atoms. The van der Waals surface area contributed by atoms with Gasteiger partial charge in [0.1, 0.15) is 0 Å². The average molecular weight is 390 g/mol. The molecule has 1 fully saturated rings. The quantitative estimate of drug-likeness (QED) is 0.341. The number of hydrogen-bond donors (Lipinski definition) is 1. The zero-order valence-corrected chi connectivity index (χ0v) is 18.7. The number of fused-ring (bicyclic) bond motifs is 1. The zero-order chi connectivity index (χ0) is 20.5. The van der Waals surface area contributed by atoms with E-state index in [1.54, 1.807) is 10.5 Å².